The van der Waals surface area contributed by atoms with E-state index in [0.29, 0.717) is 5.92 Å². The summed E-state index contributed by atoms with van der Waals surface area (Å²) in [5.74, 6) is -0.728. The fourth-order valence-electron chi connectivity index (χ4n) is 2.61. The number of sulfonamides is 1. The van der Waals surface area contributed by atoms with Crippen molar-refractivity contribution in [1.29, 1.82) is 0 Å². The van der Waals surface area contributed by atoms with E-state index < -0.39 is 16.0 Å². The molecule has 1 heterocycles. The maximum Gasteiger partial charge on any atom is 0.345 e. The van der Waals surface area contributed by atoms with Crippen LogP contribution in [0.25, 0.3) is 0 Å². The van der Waals surface area contributed by atoms with E-state index in [1.54, 1.807) is 0 Å². The van der Waals surface area contributed by atoms with Gasteiger partial charge in [0.15, 0.2) is 0 Å². The SMILES string of the molecule is CC(NS(=O)(=O)c1ccc(C(=O)O)s1)C1CCCCC1. The first-order valence-electron chi connectivity index (χ1n) is 6.75. The second-order valence-electron chi connectivity index (χ2n) is 5.23. The fourth-order valence-corrected chi connectivity index (χ4v) is 5.09. The number of carboxylic acid groups (broad SMARTS) is 1. The van der Waals surface area contributed by atoms with Crippen LogP contribution in [0.3, 0.4) is 0 Å². The molecule has 7 heteroatoms. The third-order valence-electron chi connectivity index (χ3n) is 3.75. The van der Waals surface area contributed by atoms with Crippen LogP contribution in [0.4, 0.5) is 0 Å². The average molecular weight is 317 g/mol. The maximum absolute atomic E-state index is 12.2. The van der Waals surface area contributed by atoms with Gasteiger partial charge in [0.25, 0.3) is 0 Å². The molecule has 1 aliphatic rings. The summed E-state index contributed by atoms with van der Waals surface area (Å²) in [6, 6.07) is 2.56. The summed E-state index contributed by atoms with van der Waals surface area (Å²) < 4.78 is 27.2. The maximum atomic E-state index is 12.2. The number of hydrogen-bond donors (Lipinski definition) is 2. The topological polar surface area (TPSA) is 83.5 Å². The van der Waals surface area contributed by atoms with Crippen LogP contribution in [0.5, 0.6) is 0 Å². The van der Waals surface area contributed by atoms with Crippen LogP contribution in [0.15, 0.2) is 16.3 Å². The molecule has 1 aromatic rings. The Bertz CT molecular complexity index is 573. The van der Waals surface area contributed by atoms with Gasteiger partial charge < -0.3 is 5.11 Å². The lowest BCUT2D eigenvalue weighted by Gasteiger charge is -2.27. The van der Waals surface area contributed by atoms with Gasteiger partial charge in [-0.1, -0.05) is 19.3 Å². The minimum absolute atomic E-state index is 0.0377. The van der Waals surface area contributed by atoms with Crippen molar-refractivity contribution in [1.82, 2.24) is 4.72 Å². The Morgan fingerprint density at radius 1 is 1.35 bits per heavy atom. The summed E-state index contributed by atoms with van der Waals surface area (Å²) in [5.41, 5.74) is 0. The number of rotatable bonds is 5. The molecule has 0 spiro atoms. The van der Waals surface area contributed by atoms with Gasteiger partial charge in [0.2, 0.25) is 10.0 Å². The minimum Gasteiger partial charge on any atom is -0.477 e. The van der Waals surface area contributed by atoms with Gasteiger partial charge in [0.1, 0.15) is 9.09 Å². The molecular weight excluding hydrogens is 298 g/mol. The Balaban J connectivity index is 2.07. The molecule has 0 saturated heterocycles. The molecule has 5 nitrogen and oxygen atoms in total. The fraction of sp³-hybridized carbons (Fsp3) is 0.615. The zero-order valence-electron chi connectivity index (χ0n) is 11.3. The lowest BCUT2D eigenvalue weighted by atomic mass is 9.85. The number of hydrogen-bond acceptors (Lipinski definition) is 4. The van der Waals surface area contributed by atoms with Crippen molar-refractivity contribution in [2.24, 2.45) is 5.92 Å². The molecule has 0 aromatic carbocycles. The molecule has 1 fully saturated rings. The van der Waals surface area contributed by atoms with Crippen molar-refractivity contribution in [3.05, 3.63) is 17.0 Å². The normalized spacial score (nSPS) is 18.9. The average Bonchev–Trinajstić information content (AvgIpc) is 2.90. The van der Waals surface area contributed by atoms with Crippen molar-refractivity contribution in [3.8, 4) is 0 Å². The van der Waals surface area contributed by atoms with Crippen LogP contribution >= 0.6 is 11.3 Å². The third kappa shape index (κ3) is 3.59. The van der Waals surface area contributed by atoms with Crippen LogP contribution in [0.2, 0.25) is 0 Å². The standard InChI is InChI=1S/C13H19NO4S2/c1-9(10-5-3-2-4-6-10)14-20(17,18)12-8-7-11(19-12)13(15)16/h7-10,14H,2-6H2,1H3,(H,15,16). The Kier molecular flexibility index (Phi) is 4.82. The highest BCUT2D eigenvalue weighted by Gasteiger charge is 2.26. The zero-order chi connectivity index (χ0) is 14.8. The van der Waals surface area contributed by atoms with Crippen LogP contribution in [0.1, 0.15) is 48.7 Å². The molecule has 2 rings (SSSR count). The van der Waals surface area contributed by atoms with E-state index in [-0.39, 0.29) is 15.1 Å². The summed E-state index contributed by atoms with van der Waals surface area (Å²) in [5, 5.41) is 8.84. The van der Waals surface area contributed by atoms with Crippen LogP contribution in [-0.4, -0.2) is 25.5 Å². The summed E-state index contributed by atoms with van der Waals surface area (Å²) in [6.45, 7) is 1.89. The molecule has 0 bridgehead atoms. The number of nitrogens with one attached hydrogen (secondary N) is 1. The van der Waals surface area contributed by atoms with Gasteiger partial charge in [-0.05, 0) is 37.8 Å². The molecule has 112 valence electrons. The van der Waals surface area contributed by atoms with Crippen LogP contribution in [0, 0.1) is 5.92 Å². The van der Waals surface area contributed by atoms with Crippen LogP contribution < -0.4 is 4.72 Å². The third-order valence-corrected chi connectivity index (χ3v) is 6.88. The van der Waals surface area contributed by atoms with E-state index >= 15 is 0 Å². The van der Waals surface area contributed by atoms with Crippen molar-refractivity contribution < 1.29 is 18.3 Å². The van der Waals surface area contributed by atoms with Crippen LogP contribution in [-0.2, 0) is 10.0 Å². The molecule has 20 heavy (non-hydrogen) atoms. The number of aromatic carboxylic acids is 1. The highest BCUT2D eigenvalue weighted by Crippen LogP contribution is 2.28. The van der Waals surface area contributed by atoms with Gasteiger partial charge >= 0.3 is 5.97 Å². The Hall–Kier alpha value is -0.920. The monoisotopic (exact) mass is 317 g/mol. The smallest absolute Gasteiger partial charge is 0.345 e. The first-order valence-corrected chi connectivity index (χ1v) is 9.05. The summed E-state index contributed by atoms with van der Waals surface area (Å²) >= 11 is 0.787. The van der Waals surface area contributed by atoms with E-state index in [1.807, 2.05) is 6.92 Å². The summed E-state index contributed by atoms with van der Waals surface area (Å²) in [7, 11) is -3.62. The van der Waals surface area contributed by atoms with Crippen molar-refractivity contribution in [2.75, 3.05) is 0 Å². The molecule has 2 N–H and O–H groups in total. The lowest BCUT2D eigenvalue weighted by Crippen LogP contribution is -2.38. The Morgan fingerprint density at radius 2 is 2.00 bits per heavy atom. The Labute approximate surface area is 123 Å². The summed E-state index contributed by atoms with van der Waals surface area (Å²) in [4.78, 5) is 10.8. The first-order chi connectivity index (χ1) is 9.40. The van der Waals surface area contributed by atoms with E-state index in [9.17, 15) is 13.2 Å². The molecule has 1 unspecified atom stereocenters. The summed E-state index contributed by atoms with van der Waals surface area (Å²) in [6.07, 6.45) is 5.63. The van der Waals surface area contributed by atoms with E-state index in [2.05, 4.69) is 4.72 Å². The minimum atomic E-state index is -3.62. The zero-order valence-corrected chi connectivity index (χ0v) is 13.0. The second-order valence-corrected chi connectivity index (χ2v) is 8.26. The molecule has 1 aromatic heterocycles. The Morgan fingerprint density at radius 3 is 2.55 bits per heavy atom. The number of thiophene rings is 1. The molecule has 1 saturated carbocycles. The molecule has 1 atom stereocenters. The van der Waals surface area contributed by atoms with Crippen molar-refractivity contribution in [3.63, 3.8) is 0 Å². The largest absolute Gasteiger partial charge is 0.477 e. The predicted octanol–water partition coefficient (Wildman–Crippen LogP) is 2.69. The van der Waals surface area contributed by atoms with E-state index in [4.69, 9.17) is 5.11 Å². The molecule has 0 aliphatic heterocycles. The molecule has 1 aliphatic carbocycles. The highest BCUT2D eigenvalue weighted by molar-refractivity contribution is 7.91. The van der Waals surface area contributed by atoms with Crippen molar-refractivity contribution in [2.45, 2.75) is 49.3 Å². The van der Waals surface area contributed by atoms with E-state index in [0.717, 1.165) is 37.0 Å². The number of carboxylic acids is 1. The lowest BCUT2D eigenvalue weighted by molar-refractivity contribution is 0.0702. The number of carbonyl (C=O) groups is 1. The van der Waals surface area contributed by atoms with Gasteiger partial charge in [-0.15, -0.1) is 11.3 Å². The van der Waals surface area contributed by atoms with Gasteiger partial charge in [0, 0.05) is 6.04 Å². The highest BCUT2D eigenvalue weighted by atomic mass is 32.2. The second kappa shape index (κ2) is 6.24. The molecular formula is C13H19NO4S2. The van der Waals surface area contributed by atoms with Gasteiger partial charge in [-0.3, -0.25) is 0 Å². The first kappa shape index (κ1) is 15.5. The van der Waals surface area contributed by atoms with Crippen molar-refractivity contribution >= 4 is 27.3 Å². The molecule has 0 radical (unpaired) electrons. The van der Waals surface area contributed by atoms with Gasteiger partial charge in [0.05, 0.1) is 0 Å². The van der Waals surface area contributed by atoms with E-state index in [1.165, 1.54) is 18.6 Å². The quantitative estimate of drug-likeness (QED) is 0.874. The predicted molar refractivity (Wildman–Crippen MR) is 77.6 cm³/mol. The molecule has 0 amide bonds. The van der Waals surface area contributed by atoms with Gasteiger partial charge in [-0.25, -0.2) is 17.9 Å². The van der Waals surface area contributed by atoms with Gasteiger partial charge in [-0.2, -0.15) is 0 Å².